The van der Waals surface area contributed by atoms with Crippen LogP contribution in [0.1, 0.15) is 36.8 Å². The van der Waals surface area contributed by atoms with Gasteiger partial charge in [-0.1, -0.05) is 97.4 Å². The summed E-state index contributed by atoms with van der Waals surface area (Å²) in [6, 6.07) is 36.9. The first-order chi connectivity index (χ1) is 20.2. The smallest absolute Gasteiger partial charge is 0.237 e. The lowest BCUT2D eigenvalue weighted by Crippen LogP contribution is -2.52. The molecule has 0 unspecified atom stereocenters. The Morgan fingerprint density at radius 2 is 1.20 bits per heavy atom. The van der Waals surface area contributed by atoms with E-state index >= 15 is 0 Å². The molecule has 3 aliphatic rings. The first-order valence-corrected chi connectivity index (χ1v) is 15.4. The summed E-state index contributed by atoms with van der Waals surface area (Å²) in [4.78, 5) is 21.4. The number of benzene rings is 4. The van der Waals surface area contributed by atoms with Gasteiger partial charge in [-0.3, -0.25) is 9.69 Å². The largest absolute Gasteiger partial charge is 0.369 e. The van der Waals surface area contributed by atoms with E-state index in [2.05, 4.69) is 118 Å². The molecule has 208 valence electrons. The second kappa shape index (κ2) is 11.2. The maximum Gasteiger partial charge on any atom is 0.237 e. The van der Waals surface area contributed by atoms with E-state index in [1.165, 1.54) is 39.1 Å². The minimum absolute atomic E-state index is 0.313. The molecule has 0 spiro atoms. The summed E-state index contributed by atoms with van der Waals surface area (Å²) in [7, 11) is 0. The molecule has 2 fully saturated rings. The van der Waals surface area contributed by atoms with Crippen LogP contribution in [0.25, 0.3) is 22.3 Å². The molecule has 0 radical (unpaired) electrons. The van der Waals surface area contributed by atoms with Gasteiger partial charge in [0.25, 0.3) is 0 Å². The van der Waals surface area contributed by atoms with Crippen LogP contribution in [0.4, 0.5) is 5.69 Å². The maximum absolute atomic E-state index is 14.2. The van der Waals surface area contributed by atoms with Crippen LogP contribution in [-0.2, 0) is 10.2 Å². The molecule has 0 atom stereocenters. The van der Waals surface area contributed by atoms with Gasteiger partial charge in [0.05, 0.1) is 0 Å². The monoisotopic (exact) mass is 541 g/mol. The highest BCUT2D eigenvalue weighted by Crippen LogP contribution is 2.52. The fourth-order valence-corrected chi connectivity index (χ4v) is 7.17. The van der Waals surface area contributed by atoms with E-state index in [0.29, 0.717) is 5.91 Å². The van der Waals surface area contributed by atoms with Crippen LogP contribution < -0.4 is 4.90 Å². The fourth-order valence-electron chi connectivity index (χ4n) is 7.17. The van der Waals surface area contributed by atoms with Crippen LogP contribution >= 0.6 is 0 Å². The normalized spacial score (nSPS) is 17.6. The van der Waals surface area contributed by atoms with E-state index in [1.807, 2.05) is 0 Å². The number of rotatable bonds is 8. The van der Waals surface area contributed by atoms with Gasteiger partial charge in [0.15, 0.2) is 0 Å². The van der Waals surface area contributed by atoms with E-state index < -0.39 is 5.41 Å². The number of hydrogen-bond donors (Lipinski definition) is 0. The number of likely N-dealkylation sites (tertiary alicyclic amines) is 1. The number of piperazine rings is 1. The first-order valence-electron chi connectivity index (χ1n) is 15.4. The Balaban J connectivity index is 0.983. The lowest BCUT2D eigenvalue weighted by molar-refractivity contribution is -0.139. The summed E-state index contributed by atoms with van der Waals surface area (Å²) in [6.07, 6.45) is 4.16. The molecule has 1 amide bonds. The highest BCUT2D eigenvalue weighted by Gasteiger charge is 2.50. The molecule has 4 heteroatoms. The van der Waals surface area contributed by atoms with Crippen molar-refractivity contribution in [3.05, 3.63) is 114 Å². The molecule has 1 aliphatic carbocycles. The predicted molar refractivity (Wildman–Crippen MR) is 168 cm³/mol. The summed E-state index contributed by atoms with van der Waals surface area (Å²) in [5, 5.41) is 0. The van der Waals surface area contributed by atoms with Gasteiger partial charge < -0.3 is 9.80 Å². The molecular formula is C37H39N3O. The average Bonchev–Trinajstić information content (AvgIpc) is 3.30. The van der Waals surface area contributed by atoms with Crippen LogP contribution in [0.3, 0.4) is 0 Å². The van der Waals surface area contributed by atoms with Crippen molar-refractivity contribution in [2.24, 2.45) is 0 Å². The average molecular weight is 542 g/mol. The van der Waals surface area contributed by atoms with Gasteiger partial charge in [0.1, 0.15) is 5.41 Å². The minimum Gasteiger partial charge on any atom is -0.369 e. The van der Waals surface area contributed by atoms with Gasteiger partial charge in [-0.05, 0) is 71.3 Å². The van der Waals surface area contributed by atoms with E-state index in [-0.39, 0.29) is 0 Å². The fraction of sp³-hybridized carbons (Fsp3) is 0.324. The quantitative estimate of drug-likeness (QED) is 0.228. The Bertz CT molecular complexity index is 1460. The minimum atomic E-state index is -0.543. The molecule has 2 saturated heterocycles. The summed E-state index contributed by atoms with van der Waals surface area (Å²) < 4.78 is 0. The van der Waals surface area contributed by atoms with E-state index in [9.17, 15) is 4.79 Å². The SMILES string of the molecule is O=C(N1CCC1)C1(CCCCN2CCN(c3ccc(-c4ccccc4)cc3)CC2)c2ccccc2-c2ccccc21. The number of hydrogen-bond acceptors (Lipinski definition) is 3. The lowest BCUT2D eigenvalue weighted by Gasteiger charge is -2.41. The van der Waals surface area contributed by atoms with Crippen molar-refractivity contribution in [1.82, 2.24) is 9.80 Å². The van der Waals surface area contributed by atoms with Crippen LogP contribution in [0.2, 0.25) is 0 Å². The zero-order valence-electron chi connectivity index (χ0n) is 23.8. The number of fused-ring (bicyclic) bond motifs is 3. The van der Waals surface area contributed by atoms with Crippen LogP contribution in [0, 0.1) is 0 Å². The second-order valence-electron chi connectivity index (χ2n) is 11.8. The molecule has 0 N–H and O–H groups in total. The zero-order chi connectivity index (χ0) is 27.6. The summed E-state index contributed by atoms with van der Waals surface area (Å²) in [5.41, 5.74) is 8.21. The van der Waals surface area contributed by atoms with Gasteiger partial charge >= 0.3 is 0 Å². The first kappa shape index (κ1) is 26.0. The van der Waals surface area contributed by atoms with Gasteiger partial charge in [0, 0.05) is 45.0 Å². The number of amides is 1. The molecule has 2 aliphatic heterocycles. The molecule has 0 aromatic heterocycles. The van der Waals surface area contributed by atoms with Crippen molar-refractivity contribution < 1.29 is 4.79 Å². The van der Waals surface area contributed by atoms with E-state index in [0.717, 1.165) is 71.5 Å². The van der Waals surface area contributed by atoms with Crippen molar-refractivity contribution in [2.45, 2.75) is 31.1 Å². The number of nitrogens with zero attached hydrogens (tertiary/aromatic N) is 3. The van der Waals surface area contributed by atoms with Crippen molar-refractivity contribution in [1.29, 1.82) is 0 Å². The van der Waals surface area contributed by atoms with Crippen LogP contribution in [0.5, 0.6) is 0 Å². The summed E-state index contributed by atoms with van der Waals surface area (Å²) in [5.74, 6) is 0.313. The molecule has 4 nitrogen and oxygen atoms in total. The maximum atomic E-state index is 14.2. The van der Waals surface area contributed by atoms with Crippen molar-refractivity contribution in [2.75, 3.05) is 50.7 Å². The molecule has 0 saturated carbocycles. The highest BCUT2D eigenvalue weighted by molar-refractivity contribution is 6.00. The molecule has 2 heterocycles. The molecule has 4 aromatic carbocycles. The molecule has 4 aromatic rings. The van der Waals surface area contributed by atoms with Crippen LogP contribution in [0.15, 0.2) is 103 Å². The van der Waals surface area contributed by atoms with Gasteiger partial charge in [-0.25, -0.2) is 0 Å². The number of carbonyl (C=O) groups excluding carboxylic acids is 1. The lowest BCUT2D eigenvalue weighted by atomic mass is 9.72. The summed E-state index contributed by atoms with van der Waals surface area (Å²) >= 11 is 0. The van der Waals surface area contributed by atoms with E-state index in [4.69, 9.17) is 0 Å². The summed E-state index contributed by atoms with van der Waals surface area (Å²) in [6.45, 7) is 7.17. The Kier molecular flexibility index (Phi) is 7.10. The second-order valence-corrected chi connectivity index (χ2v) is 11.8. The number of anilines is 1. The molecule has 7 rings (SSSR count). The third-order valence-electron chi connectivity index (χ3n) is 9.56. The van der Waals surface area contributed by atoms with Gasteiger partial charge in [-0.2, -0.15) is 0 Å². The number of unbranched alkanes of at least 4 members (excludes halogenated alkanes) is 1. The third-order valence-corrected chi connectivity index (χ3v) is 9.56. The van der Waals surface area contributed by atoms with E-state index in [1.54, 1.807) is 0 Å². The molecular weight excluding hydrogens is 502 g/mol. The Labute approximate surface area is 244 Å². The predicted octanol–water partition coefficient (Wildman–Crippen LogP) is 6.84. The molecule has 0 bridgehead atoms. The standard InChI is InChI=1S/C37H39N3O/c41-36(40-23-10-24-40)37(34-15-6-4-13-32(34)33-14-5-7-16-35(33)37)21-8-9-22-38-25-27-39(28-26-38)31-19-17-30(18-20-31)29-11-2-1-3-12-29/h1-7,11-20H,8-10,21-28H2. The number of carbonyl (C=O) groups is 1. The van der Waals surface area contributed by atoms with Crippen molar-refractivity contribution in [3.63, 3.8) is 0 Å². The Morgan fingerprint density at radius 3 is 1.80 bits per heavy atom. The van der Waals surface area contributed by atoms with Crippen molar-refractivity contribution in [3.8, 4) is 22.3 Å². The zero-order valence-corrected chi connectivity index (χ0v) is 23.8. The topological polar surface area (TPSA) is 26.8 Å². The van der Waals surface area contributed by atoms with Crippen molar-refractivity contribution >= 4 is 11.6 Å². The Hall–Kier alpha value is -3.89. The van der Waals surface area contributed by atoms with Crippen LogP contribution in [-0.4, -0.2) is 61.5 Å². The molecule has 41 heavy (non-hydrogen) atoms. The highest BCUT2D eigenvalue weighted by atomic mass is 16.2. The Morgan fingerprint density at radius 1 is 0.610 bits per heavy atom. The van der Waals surface area contributed by atoms with Gasteiger partial charge in [0.2, 0.25) is 5.91 Å². The third kappa shape index (κ3) is 4.74. The van der Waals surface area contributed by atoms with Gasteiger partial charge in [-0.15, -0.1) is 0 Å².